The molecule has 0 heterocycles. The summed E-state index contributed by atoms with van der Waals surface area (Å²) in [7, 11) is 0. The Kier molecular flexibility index (Phi) is 4.45. The Morgan fingerprint density at radius 1 is 1.38 bits per heavy atom. The summed E-state index contributed by atoms with van der Waals surface area (Å²) < 4.78 is 1.08. The number of allylic oxidation sites excluding steroid dienone is 1. The quantitative estimate of drug-likeness (QED) is 0.821. The highest BCUT2D eigenvalue weighted by atomic mass is 79.9. The molecule has 1 atom stereocenters. The summed E-state index contributed by atoms with van der Waals surface area (Å²) in [5.41, 5.74) is 1.16. The molecule has 1 aromatic rings. The fraction of sp³-hybridized carbons (Fsp3) is 0.385. The van der Waals surface area contributed by atoms with Gasteiger partial charge in [0.05, 0.1) is 0 Å². The van der Waals surface area contributed by atoms with E-state index in [-0.39, 0.29) is 0 Å². The van der Waals surface area contributed by atoms with Crippen LogP contribution in [0.15, 0.2) is 34.8 Å². The van der Waals surface area contributed by atoms with Gasteiger partial charge in [0.1, 0.15) is 0 Å². The van der Waals surface area contributed by atoms with Crippen molar-refractivity contribution in [2.45, 2.75) is 31.8 Å². The molecule has 0 saturated carbocycles. The Labute approximate surface area is 110 Å². The summed E-state index contributed by atoms with van der Waals surface area (Å²) in [6.45, 7) is 0.844. The molecule has 86 valence electrons. The number of hydrogen-bond donors (Lipinski definition) is 1. The van der Waals surface area contributed by atoms with Crippen LogP contribution >= 0.6 is 27.5 Å². The molecule has 1 nitrogen and oxygen atoms in total. The summed E-state index contributed by atoms with van der Waals surface area (Å²) in [4.78, 5) is 0. The largest absolute Gasteiger partial charge is 0.310 e. The number of benzene rings is 1. The van der Waals surface area contributed by atoms with E-state index in [1.54, 1.807) is 0 Å². The van der Waals surface area contributed by atoms with Crippen molar-refractivity contribution < 1.29 is 0 Å². The Morgan fingerprint density at radius 3 is 3.00 bits per heavy atom. The van der Waals surface area contributed by atoms with Gasteiger partial charge in [-0.1, -0.05) is 39.7 Å². The van der Waals surface area contributed by atoms with E-state index < -0.39 is 0 Å². The standard InChI is InChI=1S/C13H15BrClN/c14-11-6-7-13(15)10(8-11)9-16-12-4-2-1-3-5-12/h1-2,6-8,12,16H,3-5,9H2. The maximum atomic E-state index is 6.14. The van der Waals surface area contributed by atoms with Crippen molar-refractivity contribution in [1.29, 1.82) is 0 Å². The normalized spacial score (nSPS) is 20.0. The van der Waals surface area contributed by atoms with Crippen LogP contribution in [0, 0.1) is 0 Å². The van der Waals surface area contributed by atoms with Crippen LogP contribution in [-0.2, 0) is 6.54 Å². The van der Waals surface area contributed by atoms with E-state index in [1.807, 2.05) is 12.1 Å². The molecule has 1 aromatic carbocycles. The van der Waals surface area contributed by atoms with Crippen LogP contribution in [0.1, 0.15) is 24.8 Å². The molecule has 16 heavy (non-hydrogen) atoms. The Morgan fingerprint density at radius 2 is 2.25 bits per heavy atom. The highest BCUT2D eigenvalue weighted by molar-refractivity contribution is 9.10. The third-order valence-electron chi connectivity index (χ3n) is 2.86. The lowest BCUT2D eigenvalue weighted by Crippen LogP contribution is -2.29. The molecule has 1 aliphatic carbocycles. The van der Waals surface area contributed by atoms with Gasteiger partial charge < -0.3 is 5.32 Å². The zero-order valence-electron chi connectivity index (χ0n) is 9.05. The maximum Gasteiger partial charge on any atom is 0.0451 e. The third-order valence-corrected chi connectivity index (χ3v) is 3.72. The maximum absolute atomic E-state index is 6.14. The molecule has 0 radical (unpaired) electrons. The van der Waals surface area contributed by atoms with Crippen LogP contribution in [-0.4, -0.2) is 6.04 Å². The van der Waals surface area contributed by atoms with Crippen molar-refractivity contribution >= 4 is 27.5 Å². The van der Waals surface area contributed by atoms with E-state index >= 15 is 0 Å². The summed E-state index contributed by atoms with van der Waals surface area (Å²) in [6, 6.07) is 6.58. The second kappa shape index (κ2) is 5.85. The minimum Gasteiger partial charge on any atom is -0.310 e. The van der Waals surface area contributed by atoms with Crippen LogP contribution < -0.4 is 5.32 Å². The summed E-state index contributed by atoms with van der Waals surface area (Å²) in [6.07, 6.45) is 8.05. The monoisotopic (exact) mass is 299 g/mol. The second-order valence-electron chi connectivity index (χ2n) is 4.10. The first kappa shape index (κ1) is 12.2. The molecule has 0 aromatic heterocycles. The molecule has 0 aliphatic heterocycles. The van der Waals surface area contributed by atoms with E-state index in [9.17, 15) is 0 Å². The van der Waals surface area contributed by atoms with E-state index in [1.165, 1.54) is 12.8 Å². The van der Waals surface area contributed by atoms with Crippen molar-refractivity contribution in [2.24, 2.45) is 0 Å². The fourth-order valence-electron chi connectivity index (χ4n) is 1.91. The lowest BCUT2D eigenvalue weighted by atomic mass is 10.0. The van der Waals surface area contributed by atoms with Crippen LogP contribution in [0.3, 0.4) is 0 Å². The molecule has 2 rings (SSSR count). The highest BCUT2D eigenvalue weighted by Gasteiger charge is 2.09. The molecular formula is C13H15BrClN. The van der Waals surface area contributed by atoms with Crippen molar-refractivity contribution in [3.63, 3.8) is 0 Å². The molecule has 1 aliphatic rings. The van der Waals surface area contributed by atoms with Gasteiger partial charge in [0.2, 0.25) is 0 Å². The fourth-order valence-corrected chi connectivity index (χ4v) is 2.50. The molecule has 0 spiro atoms. The van der Waals surface area contributed by atoms with Crippen LogP contribution in [0.4, 0.5) is 0 Å². The number of nitrogens with one attached hydrogen (secondary N) is 1. The lowest BCUT2D eigenvalue weighted by Gasteiger charge is -2.19. The van der Waals surface area contributed by atoms with E-state index in [2.05, 4.69) is 39.5 Å². The first-order chi connectivity index (χ1) is 7.75. The van der Waals surface area contributed by atoms with Gasteiger partial charge in [-0.05, 0) is 43.0 Å². The molecule has 3 heteroatoms. The topological polar surface area (TPSA) is 12.0 Å². The predicted octanol–water partition coefficient (Wildman–Crippen LogP) is 4.30. The predicted molar refractivity (Wildman–Crippen MR) is 72.8 cm³/mol. The van der Waals surface area contributed by atoms with E-state index in [4.69, 9.17) is 11.6 Å². The molecule has 0 saturated heterocycles. The number of halogens is 2. The summed E-state index contributed by atoms with van der Waals surface area (Å²) in [5, 5.41) is 4.38. The van der Waals surface area contributed by atoms with Gasteiger partial charge in [-0.25, -0.2) is 0 Å². The third kappa shape index (κ3) is 3.34. The Balaban J connectivity index is 1.93. The van der Waals surface area contributed by atoms with Crippen molar-refractivity contribution in [1.82, 2.24) is 5.32 Å². The van der Waals surface area contributed by atoms with Gasteiger partial charge >= 0.3 is 0 Å². The number of hydrogen-bond acceptors (Lipinski definition) is 1. The zero-order chi connectivity index (χ0) is 11.4. The molecule has 0 bridgehead atoms. The van der Waals surface area contributed by atoms with Gasteiger partial charge in [0, 0.05) is 22.1 Å². The van der Waals surface area contributed by atoms with Gasteiger partial charge in [-0.2, -0.15) is 0 Å². The molecule has 1 unspecified atom stereocenters. The Bertz CT molecular complexity index is 390. The second-order valence-corrected chi connectivity index (χ2v) is 5.42. The van der Waals surface area contributed by atoms with Crippen molar-refractivity contribution in [2.75, 3.05) is 0 Å². The molecular weight excluding hydrogens is 286 g/mol. The zero-order valence-corrected chi connectivity index (χ0v) is 11.4. The molecule has 1 N–H and O–H groups in total. The van der Waals surface area contributed by atoms with Gasteiger partial charge in [-0.15, -0.1) is 0 Å². The van der Waals surface area contributed by atoms with Crippen molar-refractivity contribution in [3.05, 3.63) is 45.4 Å². The van der Waals surface area contributed by atoms with Gasteiger partial charge in [-0.3, -0.25) is 0 Å². The highest BCUT2D eigenvalue weighted by Crippen LogP contribution is 2.21. The minimum atomic E-state index is 0.597. The van der Waals surface area contributed by atoms with Gasteiger partial charge in [0.15, 0.2) is 0 Å². The van der Waals surface area contributed by atoms with E-state index in [0.29, 0.717) is 6.04 Å². The van der Waals surface area contributed by atoms with Crippen LogP contribution in [0.25, 0.3) is 0 Å². The summed E-state index contributed by atoms with van der Waals surface area (Å²) >= 11 is 9.60. The van der Waals surface area contributed by atoms with Gasteiger partial charge in [0.25, 0.3) is 0 Å². The SMILES string of the molecule is Clc1ccc(Br)cc1CNC1CC=CCC1. The average Bonchev–Trinajstić information content (AvgIpc) is 2.32. The lowest BCUT2D eigenvalue weighted by molar-refractivity contribution is 0.474. The van der Waals surface area contributed by atoms with Crippen LogP contribution in [0.5, 0.6) is 0 Å². The smallest absolute Gasteiger partial charge is 0.0451 e. The summed E-state index contributed by atoms with van der Waals surface area (Å²) in [5.74, 6) is 0. The average molecular weight is 301 g/mol. The van der Waals surface area contributed by atoms with Crippen LogP contribution in [0.2, 0.25) is 5.02 Å². The minimum absolute atomic E-state index is 0.597. The van der Waals surface area contributed by atoms with Crippen molar-refractivity contribution in [3.8, 4) is 0 Å². The number of rotatable bonds is 3. The Hall–Kier alpha value is -0.310. The molecule has 0 fully saturated rings. The van der Waals surface area contributed by atoms with E-state index in [0.717, 1.165) is 28.0 Å². The molecule has 0 amide bonds. The first-order valence-corrected chi connectivity index (χ1v) is 6.75. The first-order valence-electron chi connectivity index (χ1n) is 5.58.